The van der Waals surface area contributed by atoms with Crippen LogP contribution < -0.4 is 5.32 Å². The Kier molecular flexibility index (Phi) is 5.70. The summed E-state index contributed by atoms with van der Waals surface area (Å²) in [7, 11) is 0. The van der Waals surface area contributed by atoms with Crippen molar-refractivity contribution in [2.45, 2.75) is 57.0 Å². The van der Waals surface area contributed by atoms with Crippen LogP contribution in [0.4, 0.5) is 4.79 Å². The fourth-order valence-electron chi connectivity index (χ4n) is 5.67. The fourth-order valence-corrected chi connectivity index (χ4v) is 5.67. The number of nitrogens with one attached hydrogen (secondary N) is 1. The van der Waals surface area contributed by atoms with Crippen molar-refractivity contribution in [3.63, 3.8) is 0 Å². The molecule has 0 bridgehead atoms. The summed E-state index contributed by atoms with van der Waals surface area (Å²) < 4.78 is 0. The van der Waals surface area contributed by atoms with E-state index in [2.05, 4.69) is 41.4 Å². The maximum Gasteiger partial charge on any atom is 0.325 e. The van der Waals surface area contributed by atoms with Gasteiger partial charge in [-0.05, 0) is 50.0 Å². The Morgan fingerprint density at radius 3 is 2.53 bits per heavy atom. The summed E-state index contributed by atoms with van der Waals surface area (Å²) >= 11 is 0. The highest BCUT2D eigenvalue weighted by Crippen LogP contribution is 2.40. The molecule has 4 fully saturated rings. The molecule has 3 saturated heterocycles. The van der Waals surface area contributed by atoms with Gasteiger partial charge in [-0.3, -0.25) is 14.5 Å². The molecule has 0 unspecified atom stereocenters. The average molecular weight is 439 g/mol. The van der Waals surface area contributed by atoms with Gasteiger partial charge in [-0.2, -0.15) is 0 Å². The third kappa shape index (κ3) is 4.03. The molecule has 3 aliphatic heterocycles. The van der Waals surface area contributed by atoms with Crippen LogP contribution in [0.1, 0.15) is 44.6 Å². The fraction of sp³-hybridized carbons (Fsp3) is 0.640. The molecular formula is C25H34N4O3. The molecule has 7 nitrogen and oxygen atoms in total. The van der Waals surface area contributed by atoms with Crippen LogP contribution in [0.5, 0.6) is 0 Å². The van der Waals surface area contributed by atoms with Crippen molar-refractivity contribution in [2.24, 2.45) is 11.8 Å². The highest BCUT2D eigenvalue weighted by atomic mass is 16.2. The van der Waals surface area contributed by atoms with Crippen molar-refractivity contribution < 1.29 is 14.4 Å². The minimum absolute atomic E-state index is 0.0794. The van der Waals surface area contributed by atoms with Gasteiger partial charge in [-0.25, -0.2) is 4.79 Å². The molecule has 1 aromatic rings. The second-order valence-electron chi connectivity index (χ2n) is 10.2. The Balaban J connectivity index is 1.18. The van der Waals surface area contributed by atoms with E-state index in [-0.39, 0.29) is 29.8 Å². The number of likely N-dealkylation sites (tertiary alicyclic amines) is 2. The van der Waals surface area contributed by atoms with Crippen molar-refractivity contribution in [1.82, 2.24) is 20.0 Å². The zero-order chi connectivity index (χ0) is 22.3. The number of piperidine rings is 2. The molecule has 1 aromatic carbocycles. The van der Waals surface area contributed by atoms with Crippen molar-refractivity contribution in [3.8, 4) is 0 Å². The maximum atomic E-state index is 13.5. The normalized spacial score (nSPS) is 30.0. The maximum absolute atomic E-state index is 13.5. The summed E-state index contributed by atoms with van der Waals surface area (Å²) in [4.78, 5) is 44.8. The SMILES string of the molecule is C[C@@H]1C[C@H]1C(=O)N1CCC[C@@H](N2C(=O)NC3(CCN(CCc4ccccc4)CC3)C2=O)C1. The first kappa shape index (κ1) is 21.4. The van der Waals surface area contributed by atoms with Crippen LogP contribution in [0.15, 0.2) is 30.3 Å². The first-order valence-electron chi connectivity index (χ1n) is 12.2. The lowest BCUT2D eigenvalue weighted by molar-refractivity contribution is -0.140. The molecule has 1 saturated carbocycles. The number of benzene rings is 1. The first-order valence-corrected chi connectivity index (χ1v) is 12.2. The van der Waals surface area contributed by atoms with Crippen molar-refractivity contribution in [2.75, 3.05) is 32.7 Å². The first-order chi connectivity index (χ1) is 15.5. The Morgan fingerprint density at radius 1 is 1.12 bits per heavy atom. The summed E-state index contributed by atoms with van der Waals surface area (Å²) in [6.45, 7) is 5.91. The standard InChI is InChI=1S/C25H34N4O3/c1-18-16-21(18)22(30)28-12-5-8-20(17-28)29-23(31)25(26-24(29)32)10-14-27(15-11-25)13-9-19-6-3-2-4-7-19/h2-4,6-7,18,20-21H,5,8-17H2,1H3,(H,26,32)/t18-,20-,21-/m1/s1. The van der Waals surface area contributed by atoms with Crippen LogP contribution in [-0.2, 0) is 16.0 Å². The molecule has 4 amide bonds. The van der Waals surface area contributed by atoms with E-state index in [9.17, 15) is 14.4 Å². The molecule has 32 heavy (non-hydrogen) atoms. The van der Waals surface area contributed by atoms with Gasteiger partial charge >= 0.3 is 6.03 Å². The lowest BCUT2D eigenvalue weighted by Crippen LogP contribution is -2.56. The number of hydrogen-bond acceptors (Lipinski definition) is 4. The smallest absolute Gasteiger partial charge is 0.325 e. The van der Waals surface area contributed by atoms with E-state index in [4.69, 9.17) is 0 Å². The van der Waals surface area contributed by atoms with Crippen molar-refractivity contribution in [1.29, 1.82) is 0 Å². The van der Waals surface area contributed by atoms with Gasteiger partial charge < -0.3 is 15.1 Å². The molecule has 0 aromatic heterocycles. The highest BCUT2D eigenvalue weighted by Gasteiger charge is 2.54. The number of imide groups is 1. The summed E-state index contributed by atoms with van der Waals surface area (Å²) in [6, 6.07) is 9.97. The van der Waals surface area contributed by atoms with Crippen LogP contribution in [0.3, 0.4) is 0 Å². The number of carbonyl (C=O) groups excluding carboxylic acids is 3. The van der Waals surface area contributed by atoms with Gasteiger partial charge in [-0.15, -0.1) is 0 Å². The Bertz CT molecular complexity index is 880. The second kappa shape index (κ2) is 8.50. The predicted molar refractivity (Wildman–Crippen MR) is 121 cm³/mol. The molecule has 3 heterocycles. The quantitative estimate of drug-likeness (QED) is 0.716. The van der Waals surface area contributed by atoms with Gasteiger partial charge in [0.1, 0.15) is 5.54 Å². The van der Waals surface area contributed by atoms with Crippen molar-refractivity contribution >= 4 is 17.8 Å². The monoisotopic (exact) mass is 438 g/mol. The molecule has 4 aliphatic rings. The van der Waals surface area contributed by atoms with Crippen LogP contribution in [-0.4, -0.2) is 76.8 Å². The zero-order valence-electron chi connectivity index (χ0n) is 19.0. The second-order valence-corrected chi connectivity index (χ2v) is 10.2. The van der Waals surface area contributed by atoms with Gasteiger partial charge in [0.05, 0.1) is 6.04 Å². The predicted octanol–water partition coefficient (Wildman–Crippen LogP) is 2.26. The molecule has 1 aliphatic carbocycles. The third-order valence-corrected chi connectivity index (χ3v) is 7.96. The summed E-state index contributed by atoms with van der Waals surface area (Å²) in [5.74, 6) is 0.735. The van der Waals surface area contributed by atoms with Crippen LogP contribution in [0.2, 0.25) is 0 Å². The van der Waals surface area contributed by atoms with Crippen molar-refractivity contribution in [3.05, 3.63) is 35.9 Å². The Labute approximate surface area is 190 Å². The number of hydrogen-bond donors (Lipinski definition) is 1. The van der Waals surface area contributed by atoms with E-state index in [1.165, 1.54) is 10.5 Å². The van der Waals surface area contributed by atoms with E-state index in [0.717, 1.165) is 51.9 Å². The van der Waals surface area contributed by atoms with E-state index in [1.807, 2.05) is 11.0 Å². The average Bonchev–Trinajstić information content (AvgIpc) is 3.49. The molecule has 7 heteroatoms. The third-order valence-electron chi connectivity index (χ3n) is 7.96. The number of urea groups is 1. The van der Waals surface area contributed by atoms with Crippen LogP contribution in [0, 0.1) is 11.8 Å². The Morgan fingerprint density at radius 2 is 1.84 bits per heavy atom. The molecule has 3 atom stereocenters. The summed E-state index contributed by atoms with van der Waals surface area (Å²) in [5, 5.41) is 3.05. The molecule has 172 valence electrons. The molecule has 5 rings (SSSR count). The van der Waals surface area contributed by atoms with Gasteiger partial charge in [0.25, 0.3) is 5.91 Å². The van der Waals surface area contributed by atoms with Gasteiger partial charge in [0.15, 0.2) is 0 Å². The van der Waals surface area contributed by atoms with E-state index < -0.39 is 5.54 Å². The summed E-state index contributed by atoms with van der Waals surface area (Å²) in [5.41, 5.74) is 0.554. The highest BCUT2D eigenvalue weighted by molar-refractivity contribution is 6.07. The zero-order valence-corrected chi connectivity index (χ0v) is 19.0. The minimum atomic E-state index is -0.766. The van der Waals surface area contributed by atoms with Gasteiger partial charge in [-0.1, -0.05) is 37.3 Å². The number of amides is 4. The van der Waals surface area contributed by atoms with E-state index in [1.54, 1.807) is 0 Å². The van der Waals surface area contributed by atoms with E-state index >= 15 is 0 Å². The molecule has 1 spiro atoms. The van der Waals surface area contributed by atoms with Gasteiger partial charge in [0, 0.05) is 38.6 Å². The van der Waals surface area contributed by atoms with Crippen LogP contribution in [0.25, 0.3) is 0 Å². The molecule has 0 radical (unpaired) electrons. The topological polar surface area (TPSA) is 73.0 Å². The van der Waals surface area contributed by atoms with Crippen LogP contribution >= 0.6 is 0 Å². The molecular weight excluding hydrogens is 404 g/mol. The molecule has 1 N–H and O–H groups in total. The number of rotatable bonds is 5. The summed E-state index contributed by atoms with van der Waals surface area (Å²) in [6.07, 6.45) is 4.88. The minimum Gasteiger partial charge on any atom is -0.340 e. The Hall–Kier alpha value is -2.41. The number of nitrogens with zero attached hydrogens (tertiary/aromatic N) is 3. The largest absolute Gasteiger partial charge is 0.340 e. The number of carbonyl (C=O) groups is 3. The van der Waals surface area contributed by atoms with E-state index in [0.29, 0.717) is 25.3 Å². The lowest BCUT2D eigenvalue weighted by atomic mass is 9.87. The van der Waals surface area contributed by atoms with Gasteiger partial charge in [0.2, 0.25) is 5.91 Å². The lowest BCUT2D eigenvalue weighted by Gasteiger charge is -2.39.